The van der Waals surface area contributed by atoms with E-state index in [2.05, 4.69) is 11.0 Å². The maximum absolute atomic E-state index is 8.68. The molecule has 0 radical (unpaired) electrons. The van der Waals surface area contributed by atoms with E-state index in [0.29, 0.717) is 11.4 Å². The summed E-state index contributed by atoms with van der Waals surface area (Å²) in [5.41, 5.74) is 7.55. The van der Waals surface area contributed by atoms with Crippen molar-refractivity contribution in [3.8, 4) is 11.1 Å². The lowest BCUT2D eigenvalue weighted by Gasteiger charge is -2.04. The first-order valence-electron chi connectivity index (χ1n) is 4.84. The number of halogens is 1. The highest BCUT2D eigenvalue weighted by atomic mass is 35.5. The molecule has 2 aromatic rings. The van der Waals surface area contributed by atoms with Gasteiger partial charge in [-0.1, -0.05) is 24.3 Å². The smallest absolute Gasteiger partial charge is 0.0602 e. The third kappa shape index (κ3) is 3.10. The summed E-state index contributed by atoms with van der Waals surface area (Å²) in [5, 5.41) is 17.4. The Bertz CT molecular complexity index is 411. The minimum atomic E-state index is 0. The summed E-state index contributed by atoms with van der Waals surface area (Å²) in [6.45, 7) is 0. The maximum Gasteiger partial charge on any atom is 0.0602 e. The zero-order valence-corrected chi connectivity index (χ0v) is 9.74. The van der Waals surface area contributed by atoms with Crippen molar-refractivity contribution in [1.29, 1.82) is 0 Å². The van der Waals surface area contributed by atoms with Crippen molar-refractivity contribution < 1.29 is 10.4 Å². The van der Waals surface area contributed by atoms with Crippen LogP contribution in [0.1, 0.15) is 0 Å². The van der Waals surface area contributed by atoms with E-state index in [1.165, 1.54) is 0 Å². The molecule has 0 aliphatic rings. The lowest BCUT2D eigenvalue weighted by atomic mass is 10.1. The first-order chi connectivity index (χ1) is 7.83. The van der Waals surface area contributed by atoms with Crippen molar-refractivity contribution in [3.63, 3.8) is 0 Å². The van der Waals surface area contributed by atoms with Crippen LogP contribution in [0, 0.1) is 0 Å². The van der Waals surface area contributed by atoms with Gasteiger partial charge in [-0.15, -0.1) is 12.4 Å². The normalized spacial score (nSPS) is 9.29. The Morgan fingerprint density at radius 2 is 0.882 bits per heavy atom. The molecule has 2 rings (SSSR count). The second-order valence-corrected chi connectivity index (χ2v) is 3.38. The van der Waals surface area contributed by atoms with Gasteiger partial charge in [-0.05, 0) is 35.4 Å². The Balaban J connectivity index is 0.00000144. The highest BCUT2D eigenvalue weighted by molar-refractivity contribution is 5.85. The molecule has 4 N–H and O–H groups in total. The lowest BCUT2D eigenvalue weighted by Crippen LogP contribution is -1.89. The fourth-order valence-electron chi connectivity index (χ4n) is 1.47. The SMILES string of the molecule is Cl.ONc1ccc(-c2ccc(NO)cc2)cc1. The van der Waals surface area contributed by atoms with E-state index in [1.807, 2.05) is 24.3 Å². The number of hydrogen-bond donors (Lipinski definition) is 4. The van der Waals surface area contributed by atoms with E-state index in [0.717, 1.165) is 11.1 Å². The number of hydrogen-bond acceptors (Lipinski definition) is 4. The molecule has 0 aliphatic heterocycles. The molecular weight excluding hydrogens is 240 g/mol. The van der Waals surface area contributed by atoms with Crippen molar-refractivity contribution in [2.24, 2.45) is 0 Å². The molecule has 0 aliphatic carbocycles. The average Bonchev–Trinajstić information content (AvgIpc) is 2.39. The van der Waals surface area contributed by atoms with Crippen molar-refractivity contribution in [1.82, 2.24) is 0 Å². The molecule has 0 aromatic heterocycles. The van der Waals surface area contributed by atoms with E-state index in [-0.39, 0.29) is 12.4 Å². The molecule has 0 amide bonds. The lowest BCUT2D eigenvalue weighted by molar-refractivity contribution is 0.388. The molecule has 5 heteroatoms. The van der Waals surface area contributed by atoms with E-state index >= 15 is 0 Å². The highest BCUT2D eigenvalue weighted by Crippen LogP contribution is 2.22. The molecule has 90 valence electrons. The summed E-state index contributed by atoms with van der Waals surface area (Å²) in [5.74, 6) is 0. The zero-order valence-electron chi connectivity index (χ0n) is 8.92. The summed E-state index contributed by atoms with van der Waals surface area (Å²) in [4.78, 5) is 0. The van der Waals surface area contributed by atoms with Crippen molar-refractivity contribution >= 4 is 23.8 Å². The molecule has 0 unspecified atom stereocenters. The van der Waals surface area contributed by atoms with Crippen molar-refractivity contribution in [2.75, 3.05) is 11.0 Å². The van der Waals surface area contributed by atoms with Crippen LogP contribution in [0.15, 0.2) is 48.5 Å². The Kier molecular flexibility index (Phi) is 4.78. The van der Waals surface area contributed by atoms with Crippen LogP contribution in [-0.4, -0.2) is 10.4 Å². The summed E-state index contributed by atoms with van der Waals surface area (Å²) in [6, 6.07) is 14.8. The Hall–Kier alpha value is -1.75. The molecule has 0 bridgehead atoms. The van der Waals surface area contributed by atoms with Gasteiger partial charge in [0.25, 0.3) is 0 Å². The molecule has 0 saturated carbocycles. The number of benzene rings is 2. The molecule has 0 heterocycles. The highest BCUT2D eigenvalue weighted by Gasteiger charge is 1.97. The van der Waals surface area contributed by atoms with Gasteiger partial charge in [-0.3, -0.25) is 21.4 Å². The van der Waals surface area contributed by atoms with Crippen LogP contribution < -0.4 is 11.0 Å². The molecule has 4 nitrogen and oxygen atoms in total. The third-order valence-electron chi connectivity index (χ3n) is 2.36. The predicted molar refractivity (Wildman–Crippen MR) is 69.9 cm³/mol. The fraction of sp³-hybridized carbons (Fsp3) is 0. The molecule has 17 heavy (non-hydrogen) atoms. The fourth-order valence-corrected chi connectivity index (χ4v) is 1.47. The molecular formula is C12H13ClN2O2. The predicted octanol–water partition coefficient (Wildman–Crippen LogP) is 3.38. The van der Waals surface area contributed by atoms with Gasteiger partial charge < -0.3 is 0 Å². The minimum Gasteiger partial charge on any atom is -0.291 e. The summed E-state index contributed by atoms with van der Waals surface area (Å²) < 4.78 is 0. The standard InChI is InChI=1S/C12H12N2O2.ClH/c15-13-11-5-1-9(2-6-11)10-3-7-12(14-16)8-4-10;/h1-8,13-16H;1H. The first kappa shape index (κ1) is 13.3. The van der Waals surface area contributed by atoms with Crippen LogP contribution in [0.3, 0.4) is 0 Å². The quantitative estimate of drug-likeness (QED) is 0.633. The second-order valence-electron chi connectivity index (χ2n) is 3.38. The third-order valence-corrected chi connectivity index (χ3v) is 2.36. The van der Waals surface area contributed by atoms with E-state index < -0.39 is 0 Å². The summed E-state index contributed by atoms with van der Waals surface area (Å²) in [7, 11) is 0. The molecule has 0 fully saturated rings. The maximum atomic E-state index is 8.68. The van der Waals surface area contributed by atoms with Gasteiger partial charge in [0, 0.05) is 0 Å². The Morgan fingerprint density at radius 1 is 0.588 bits per heavy atom. The van der Waals surface area contributed by atoms with E-state index in [4.69, 9.17) is 10.4 Å². The number of nitrogens with one attached hydrogen (secondary N) is 2. The van der Waals surface area contributed by atoms with Gasteiger partial charge >= 0.3 is 0 Å². The molecule has 2 aromatic carbocycles. The van der Waals surface area contributed by atoms with Crippen LogP contribution in [0.25, 0.3) is 11.1 Å². The summed E-state index contributed by atoms with van der Waals surface area (Å²) >= 11 is 0. The molecule has 0 atom stereocenters. The Morgan fingerprint density at radius 3 is 1.12 bits per heavy atom. The number of anilines is 2. The second kappa shape index (κ2) is 6.10. The van der Waals surface area contributed by atoms with Crippen LogP contribution in [0.5, 0.6) is 0 Å². The average molecular weight is 253 g/mol. The first-order valence-corrected chi connectivity index (χ1v) is 4.84. The van der Waals surface area contributed by atoms with Gasteiger partial charge in [0.1, 0.15) is 0 Å². The topological polar surface area (TPSA) is 64.5 Å². The largest absolute Gasteiger partial charge is 0.291 e. The number of rotatable bonds is 3. The summed E-state index contributed by atoms with van der Waals surface area (Å²) in [6.07, 6.45) is 0. The van der Waals surface area contributed by atoms with Gasteiger partial charge in [0.15, 0.2) is 0 Å². The van der Waals surface area contributed by atoms with E-state index in [9.17, 15) is 0 Å². The van der Waals surface area contributed by atoms with Crippen LogP contribution >= 0.6 is 12.4 Å². The molecule has 0 spiro atoms. The van der Waals surface area contributed by atoms with Crippen molar-refractivity contribution in [3.05, 3.63) is 48.5 Å². The monoisotopic (exact) mass is 252 g/mol. The van der Waals surface area contributed by atoms with Gasteiger partial charge in [-0.2, -0.15) is 0 Å². The van der Waals surface area contributed by atoms with Crippen LogP contribution in [-0.2, 0) is 0 Å². The zero-order chi connectivity index (χ0) is 11.4. The van der Waals surface area contributed by atoms with Crippen molar-refractivity contribution in [2.45, 2.75) is 0 Å². The van der Waals surface area contributed by atoms with Crippen LogP contribution in [0.4, 0.5) is 11.4 Å². The van der Waals surface area contributed by atoms with Gasteiger partial charge in [0.2, 0.25) is 0 Å². The van der Waals surface area contributed by atoms with Crippen LogP contribution in [0.2, 0.25) is 0 Å². The Labute approximate surface area is 105 Å². The minimum absolute atomic E-state index is 0. The molecule has 0 saturated heterocycles. The van der Waals surface area contributed by atoms with Gasteiger partial charge in [0.05, 0.1) is 11.4 Å². The van der Waals surface area contributed by atoms with E-state index in [1.54, 1.807) is 24.3 Å². The van der Waals surface area contributed by atoms with Gasteiger partial charge in [-0.25, -0.2) is 0 Å².